The minimum atomic E-state index is -0.425. The molecular formula is C16H14FN5O2. The van der Waals surface area contributed by atoms with Crippen LogP contribution >= 0.6 is 0 Å². The molecule has 0 unspecified atom stereocenters. The summed E-state index contributed by atoms with van der Waals surface area (Å²) in [6.45, 7) is 3.51. The zero-order chi connectivity index (χ0) is 17.1. The Bertz CT molecular complexity index is 876. The van der Waals surface area contributed by atoms with E-state index in [0.717, 1.165) is 0 Å². The number of nitrogens with one attached hydrogen (secondary N) is 2. The van der Waals surface area contributed by atoms with Crippen LogP contribution in [-0.2, 0) is 0 Å². The zero-order valence-electron chi connectivity index (χ0n) is 13.0. The lowest BCUT2D eigenvalue weighted by atomic mass is 10.3. The number of halogens is 1. The molecule has 0 aliphatic carbocycles. The number of hydrogen-bond acceptors (Lipinski definition) is 6. The van der Waals surface area contributed by atoms with Gasteiger partial charge >= 0.3 is 0 Å². The first-order valence-corrected chi connectivity index (χ1v) is 7.12. The average Bonchev–Trinajstić information content (AvgIpc) is 2.94. The predicted octanol–water partition coefficient (Wildman–Crippen LogP) is 3.22. The van der Waals surface area contributed by atoms with Crippen molar-refractivity contribution in [3.8, 4) is 0 Å². The van der Waals surface area contributed by atoms with Crippen LogP contribution in [0.25, 0.3) is 0 Å². The number of nitrogens with zero attached hydrogens (tertiary/aromatic N) is 3. The Labute approximate surface area is 136 Å². The minimum absolute atomic E-state index is 0.176. The molecule has 3 rings (SSSR count). The molecule has 3 aromatic rings. The van der Waals surface area contributed by atoms with Crippen molar-refractivity contribution >= 4 is 23.4 Å². The molecule has 24 heavy (non-hydrogen) atoms. The number of hydrogen-bond donors (Lipinski definition) is 2. The van der Waals surface area contributed by atoms with Gasteiger partial charge in [0.1, 0.15) is 17.3 Å². The van der Waals surface area contributed by atoms with Gasteiger partial charge in [-0.05, 0) is 44.2 Å². The fourth-order valence-electron chi connectivity index (χ4n) is 2.01. The van der Waals surface area contributed by atoms with Crippen LogP contribution in [0.1, 0.15) is 21.9 Å². The highest BCUT2D eigenvalue weighted by Crippen LogP contribution is 2.15. The third-order valence-corrected chi connectivity index (χ3v) is 3.06. The number of benzene rings is 1. The van der Waals surface area contributed by atoms with Crippen molar-refractivity contribution in [2.45, 2.75) is 13.8 Å². The van der Waals surface area contributed by atoms with Crippen molar-refractivity contribution in [1.29, 1.82) is 0 Å². The van der Waals surface area contributed by atoms with Crippen LogP contribution in [0.15, 0.2) is 40.9 Å². The lowest BCUT2D eigenvalue weighted by Gasteiger charge is -2.07. The van der Waals surface area contributed by atoms with Gasteiger partial charge < -0.3 is 15.2 Å². The molecule has 2 N–H and O–H groups in total. The molecule has 0 atom stereocenters. The molecule has 0 bridgehead atoms. The van der Waals surface area contributed by atoms with Gasteiger partial charge in [0.2, 0.25) is 5.95 Å². The first kappa shape index (κ1) is 15.6. The van der Waals surface area contributed by atoms with E-state index in [0.29, 0.717) is 23.0 Å². The topological polar surface area (TPSA) is 92.9 Å². The van der Waals surface area contributed by atoms with E-state index in [2.05, 4.69) is 25.8 Å². The van der Waals surface area contributed by atoms with Crippen LogP contribution in [0.3, 0.4) is 0 Å². The number of rotatable bonds is 4. The van der Waals surface area contributed by atoms with Crippen LogP contribution in [0, 0.1) is 19.7 Å². The van der Waals surface area contributed by atoms with Crippen LogP contribution in [0.5, 0.6) is 0 Å². The van der Waals surface area contributed by atoms with Crippen molar-refractivity contribution in [3.63, 3.8) is 0 Å². The Hall–Kier alpha value is -3.29. The molecule has 1 aromatic carbocycles. The van der Waals surface area contributed by atoms with Gasteiger partial charge in [-0.1, -0.05) is 5.16 Å². The summed E-state index contributed by atoms with van der Waals surface area (Å²) in [5.74, 6) is 0.516. The summed E-state index contributed by atoms with van der Waals surface area (Å²) in [4.78, 5) is 20.7. The van der Waals surface area contributed by atoms with Gasteiger partial charge in [0.25, 0.3) is 5.91 Å². The predicted molar refractivity (Wildman–Crippen MR) is 85.6 cm³/mol. The molecule has 1 amide bonds. The van der Waals surface area contributed by atoms with Gasteiger partial charge in [-0.3, -0.25) is 4.79 Å². The van der Waals surface area contributed by atoms with Crippen molar-refractivity contribution < 1.29 is 13.7 Å². The molecular weight excluding hydrogens is 313 g/mol. The Morgan fingerprint density at radius 1 is 1.12 bits per heavy atom. The van der Waals surface area contributed by atoms with Crippen molar-refractivity contribution in [2.75, 3.05) is 10.6 Å². The van der Waals surface area contributed by atoms with Gasteiger partial charge in [-0.15, -0.1) is 0 Å². The van der Waals surface area contributed by atoms with E-state index in [-0.39, 0.29) is 17.5 Å². The normalized spacial score (nSPS) is 10.5. The number of aryl methyl sites for hydroxylation is 2. The smallest absolute Gasteiger partial charge is 0.274 e. The maximum absolute atomic E-state index is 12.9. The quantitative estimate of drug-likeness (QED) is 0.764. The van der Waals surface area contributed by atoms with Crippen LogP contribution < -0.4 is 10.6 Å². The standard InChI is InChI=1S/C16H14FN5O2/c1-9-7-13(15(23)19-12-5-3-11(17)4-6-12)20-16(18-9)21-14-8-10(2)24-22-14/h3-8H,1-2H3,(H,19,23)(H,18,20,21,22). The molecule has 2 aromatic heterocycles. The number of carbonyl (C=O) groups excluding carboxylic acids is 1. The second kappa shape index (κ2) is 6.45. The van der Waals surface area contributed by atoms with Gasteiger partial charge in [0.05, 0.1) is 0 Å². The first-order valence-electron chi connectivity index (χ1n) is 7.12. The van der Waals surface area contributed by atoms with E-state index >= 15 is 0 Å². The van der Waals surface area contributed by atoms with Gasteiger partial charge in [-0.2, -0.15) is 0 Å². The third kappa shape index (κ3) is 3.72. The van der Waals surface area contributed by atoms with Gasteiger partial charge in [0.15, 0.2) is 5.82 Å². The lowest BCUT2D eigenvalue weighted by Crippen LogP contribution is -2.15. The number of carbonyl (C=O) groups is 1. The Morgan fingerprint density at radius 2 is 1.88 bits per heavy atom. The van der Waals surface area contributed by atoms with Crippen LogP contribution in [-0.4, -0.2) is 21.0 Å². The first-order chi connectivity index (χ1) is 11.5. The fourth-order valence-corrected chi connectivity index (χ4v) is 2.01. The zero-order valence-corrected chi connectivity index (χ0v) is 13.0. The Balaban J connectivity index is 1.79. The summed E-state index contributed by atoms with van der Waals surface area (Å²) < 4.78 is 17.9. The van der Waals surface area contributed by atoms with E-state index in [4.69, 9.17) is 4.52 Å². The van der Waals surface area contributed by atoms with E-state index in [1.807, 2.05) is 0 Å². The molecule has 122 valence electrons. The average molecular weight is 327 g/mol. The van der Waals surface area contributed by atoms with Crippen LogP contribution in [0.2, 0.25) is 0 Å². The molecule has 0 spiro atoms. The molecule has 2 heterocycles. The second-order valence-electron chi connectivity index (χ2n) is 5.13. The molecule has 7 nitrogen and oxygen atoms in total. The number of amides is 1. The Morgan fingerprint density at radius 3 is 2.54 bits per heavy atom. The Kier molecular flexibility index (Phi) is 4.19. The number of aromatic nitrogens is 3. The van der Waals surface area contributed by atoms with E-state index < -0.39 is 5.91 Å². The summed E-state index contributed by atoms with van der Waals surface area (Å²) in [6, 6.07) is 8.71. The van der Waals surface area contributed by atoms with E-state index in [1.165, 1.54) is 24.3 Å². The largest absolute Gasteiger partial charge is 0.360 e. The van der Waals surface area contributed by atoms with Crippen LogP contribution in [0.4, 0.5) is 21.8 Å². The van der Waals surface area contributed by atoms with Crippen molar-refractivity contribution in [3.05, 3.63) is 59.4 Å². The minimum Gasteiger partial charge on any atom is -0.360 e. The highest BCUT2D eigenvalue weighted by atomic mass is 19.1. The summed E-state index contributed by atoms with van der Waals surface area (Å²) in [7, 11) is 0. The highest BCUT2D eigenvalue weighted by Gasteiger charge is 2.12. The molecule has 0 saturated heterocycles. The number of anilines is 3. The summed E-state index contributed by atoms with van der Waals surface area (Å²) in [5.41, 5.74) is 1.26. The van der Waals surface area contributed by atoms with E-state index in [1.54, 1.807) is 26.0 Å². The molecule has 0 saturated carbocycles. The molecule has 0 fully saturated rings. The third-order valence-electron chi connectivity index (χ3n) is 3.06. The van der Waals surface area contributed by atoms with Gasteiger partial charge in [-0.25, -0.2) is 14.4 Å². The summed E-state index contributed by atoms with van der Waals surface area (Å²) in [5, 5.41) is 9.31. The second-order valence-corrected chi connectivity index (χ2v) is 5.13. The summed E-state index contributed by atoms with van der Waals surface area (Å²) in [6.07, 6.45) is 0. The molecule has 0 aliphatic rings. The SMILES string of the molecule is Cc1cc(C(=O)Nc2ccc(F)cc2)nc(Nc2cc(C)on2)n1. The van der Waals surface area contributed by atoms with E-state index in [9.17, 15) is 9.18 Å². The molecule has 0 aliphatic heterocycles. The van der Waals surface area contributed by atoms with Gasteiger partial charge in [0, 0.05) is 17.4 Å². The maximum atomic E-state index is 12.9. The van der Waals surface area contributed by atoms with Crippen molar-refractivity contribution in [1.82, 2.24) is 15.1 Å². The maximum Gasteiger partial charge on any atom is 0.274 e. The fraction of sp³-hybridized carbons (Fsp3) is 0.125. The monoisotopic (exact) mass is 327 g/mol. The summed E-state index contributed by atoms with van der Waals surface area (Å²) >= 11 is 0. The lowest BCUT2D eigenvalue weighted by molar-refractivity contribution is 0.102. The molecule has 0 radical (unpaired) electrons. The van der Waals surface area contributed by atoms with Crippen molar-refractivity contribution in [2.24, 2.45) is 0 Å². The molecule has 8 heteroatoms. The highest BCUT2D eigenvalue weighted by molar-refractivity contribution is 6.03.